The van der Waals surface area contributed by atoms with Crippen LogP contribution in [0.15, 0.2) is 42.6 Å². The Labute approximate surface area is 152 Å². The Morgan fingerprint density at radius 3 is 2.54 bits per heavy atom. The minimum atomic E-state index is -0.391. The van der Waals surface area contributed by atoms with E-state index in [1.807, 2.05) is 37.2 Å². The van der Waals surface area contributed by atoms with Gasteiger partial charge in [0.2, 0.25) is 11.8 Å². The Morgan fingerprint density at radius 2 is 1.96 bits per heavy atom. The van der Waals surface area contributed by atoms with Crippen LogP contribution in [0.4, 0.5) is 17.2 Å². The van der Waals surface area contributed by atoms with E-state index in [1.165, 1.54) is 0 Å². The van der Waals surface area contributed by atoms with E-state index in [0.717, 1.165) is 17.3 Å². The number of carbonyl (C=O) groups is 2. The molecule has 0 bridgehead atoms. The molecule has 1 saturated heterocycles. The van der Waals surface area contributed by atoms with E-state index in [1.54, 1.807) is 36.4 Å². The summed E-state index contributed by atoms with van der Waals surface area (Å²) in [6.45, 7) is 0.361. The van der Waals surface area contributed by atoms with Crippen molar-refractivity contribution in [3.63, 3.8) is 0 Å². The van der Waals surface area contributed by atoms with Gasteiger partial charge >= 0.3 is 0 Å². The SMILES string of the molecule is COc1ccc(N2CC(C(=O)Nc3ccc(N(C)C)nc3)CC2=O)cc1. The molecule has 2 aromatic rings. The maximum atomic E-state index is 12.5. The molecule has 1 aliphatic heterocycles. The lowest BCUT2D eigenvalue weighted by molar-refractivity contribution is -0.122. The Hall–Kier alpha value is -3.09. The van der Waals surface area contributed by atoms with E-state index >= 15 is 0 Å². The van der Waals surface area contributed by atoms with E-state index in [2.05, 4.69) is 10.3 Å². The molecule has 1 aromatic heterocycles. The number of nitrogens with one attached hydrogen (secondary N) is 1. The summed E-state index contributed by atoms with van der Waals surface area (Å²) >= 11 is 0. The van der Waals surface area contributed by atoms with Gasteiger partial charge in [0.25, 0.3) is 0 Å². The molecule has 7 heteroatoms. The summed E-state index contributed by atoms with van der Waals surface area (Å²) in [7, 11) is 5.40. The van der Waals surface area contributed by atoms with Crippen molar-refractivity contribution in [2.45, 2.75) is 6.42 Å². The third-order valence-electron chi connectivity index (χ3n) is 4.35. The first-order valence-corrected chi connectivity index (χ1v) is 8.36. The summed E-state index contributed by atoms with van der Waals surface area (Å²) in [4.78, 5) is 32.6. The van der Waals surface area contributed by atoms with E-state index < -0.39 is 5.92 Å². The zero-order valence-electron chi connectivity index (χ0n) is 15.1. The predicted octanol–water partition coefficient (Wildman–Crippen LogP) is 2.15. The van der Waals surface area contributed by atoms with Crippen LogP contribution in [0.2, 0.25) is 0 Å². The van der Waals surface area contributed by atoms with Crippen LogP contribution < -0.4 is 19.9 Å². The summed E-state index contributed by atoms with van der Waals surface area (Å²) < 4.78 is 5.13. The summed E-state index contributed by atoms with van der Waals surface area (Å²) in [5.74, 6) is 0.913. The topological polar surface area (TPSA) is 74.8 Å². The van der Waals surface area contributed by atoms with Gasteiger partial charge < -0.3 is 19.9 Å². The Bertz CT molecular complexity index is 787. The second kappa shape index (κ2) is 7.43. The third-order valence-corrected chi connectivity index (χ3v) is 4.35. The number of amides is 2. The molecule has 7 nitrogen and oxygen atoms in total. The molecule has 2 amide bonds. The van der Waals surface area contributed by atoms with Crippen LogP contribution in [0.5, 0.6) is 5.75 Å². The second-order valence-electron chi connectivity index (χ2n) is 6.39. The van der Waals surface area contributed by atoms with Crippen LogP contribution in [-0.4, -0.2) is 44.5 Å². The molecule has 0 radical (unpaired) electrons. The molecule has 0 saturated carbocycles. The van der Waals surface area contributed by atoms with Crippen molar-refractivity contribution in [2.75, 3.05) is 42.9 Å². The molecule has 136 valence electrons. The number of ether oxygens (including phenoxy) is 1. The fourth-order valence-electron chi connectivity index (χ4n) is 2.86. The highest BCUT2D eigenvalue weighted by molar-refractivity contribution is 6.03. The van der Waals surface area contributed by atoms with Crippen LogP contribution >= 0.6 is 0 Å². The number of carbonyl (C=O) groups excluding carboxylic acids is 2. The molecular formula is C19H22N4O3. The third kappa shape index (κ3) is 3.77. The van der Waals surface area contributed by atoms with Gasteiger partial charge in [0.15, 0.2) is 0 Å². The van der Waals surface area contributed by atoms with Gasteiger partial charge in [-0.15, -0.1) is 0 Å². The first-order chi connectivity index (χ1) is 12.5. The Kier molecular flexibility index (Phi) is 5.06. The predicted molar refractivity (Wildman–Crippen MR) is 101 cm³/mol. The zero-order chi connectivity index (χ0) is 18.7. The van der Waals surface area contributed by atoms with Crippen LogP contribution in [-0.2, 0) is 9.59 Å². The first-order valence-electron chi connectivity index (χ1n) is 8.36. The standard InChI is InChI=1S/C19H22N4O3/c1-22(2)17-9-4-14(11-20-17)21-19(25)13-10-18(24)23(12-13)15-5-7-16(26-3)8-6-15/h4-9,11,13H,10,12H2,1-3H3,(H,21,25). The number of aromatic nitrogens is 1. The van der Waals surface area contributed by atoms with Gasteiger partial charge in [0, 0.05) is 32.7 Å². The molecule has 0 aliphatic carbocycles. The number of anilines is 3. The number of pyridine rings is 1. The first kappa shape index (κ1) is 17.7. The molecule has 1 aliphatic rings. The maximum absolute atomic E-state index is 12.5. The van der Waals surface area contributed by atoms with Gasteiger partial charge in [0.05, 0.1) is 24.9 Å². The lowest BCUT2D eigenvalue weighted by atomic mass is 10.1. The van der Waals surface area contributed by atoms with Crippen molar-refractivity contribution in [3.8, 4) is 5.75 Å². The van der Waals surface area contributed by atoms with Crippen molar-refractivity contribution >= 4 is 29.0 Å². The average molecular weight is 354 g/mol. The summed E-state index contributed by atoms with van der Waals surface area (Å²) in [5, 5.41) is 2.84. The van der Waals surface area contributed by atoms with Gasteiger partial charge in [-0.25, -0.2) is 4.98 Å². The molecule has 1 N–H and O–H groups in total. The number of nitrogens with zero attached hydrogens (tertiary/aromatic N) is 3. The second-order valence-corrected chi connectivity index (χ2v) is 6.39. The van der Waals surface area contributed by atoms with Crippen LogP contribution in [0.25, 0.3) is 0 Å². The van der Waals surface area contributed by atoms with Crippen molar-refractivity contribution in [2.24, 2.45) is 5.92 Å². The minimum Gasteiger partial charge on any atom is -0.497 e. The molecule has 0 spiro atoms. The largest absolute Gasteiger partial charge is 0.497 e. The van der Waals surface area contributed by atoms with Gasteiger partial charge in [-0.2, -0.15) is 0 Å². The molecule has 1 fully saturated rings. The van der Waals surface area contributed by atoms with E-state index in [-0.39, 0.29) is 18.2 Å². The molecule has 1 aromatic carbocycles. The fourth-order valence-corrected chi connectivity index (χ4v) is 2.86. The van der Waals surface area contributed by atoms with Crippen molar-refractivity contribution in [1.29, 1.82) is 0 Å². The molecular weight excluding hydrogens is 332 g/mol. The maximum Gasteiger partial charge on any atom is 0.229 e. The number of rotatable bonds is 5. The highest BCUT2D eigenvalue weighted by atomic mass is 16.5. The van der Waals surface area contributed by atoms with Crippen molar-refractivity contribution < 1.29 is 14.3 Å². The Morgan fingerprint density at radius 1 is 1.23 bits per heavy atom. The Balaban J connectivity index is 1.64. The van der Waals surface area contributed by atoms with Crippen molar-refractivity contribution in [3.05, 3.63) is 42.6 Å². The van der Waals surface area contributed by atoms with E-state index in [0.29, 0.717) is 12.2 Å². The molecule has 3 rings (SSSR count). The number of benzene rings is 1. The highest BCUT2D eigenvalue weighted by Gasteiger charge is 2.35. The zero-order valence-corrected chi connectivity index (χ0v) is 15.1. The van der Waals surface area contributed by atoms with Crippen LogP contribution in [0.1, 0.15) is 6.42 Å². The summed E-state index contributed by atoms with van der Waals surface area (Å²) in [6, 6.07) is 10.9. The smallest absolute Gasteiger partial charge is 0.229 e. The molecule has 26 heavy (non-hydrogen) atoms. The number of methoxy groups -OCH3 is 1. The van der Waals surface area contributed by atoms with Crippen molar-refractivity contribution in [1.82, 2.24) is 4.98 Å². The number of hydrogen-bond acceptors (Lipinski definition) is 5. The average Bonchev–Trinajstić information content (AvgIpc) is 3.04. The quantitative estimate of drug-likeness (QED) is 0.890. The van der Waals surface area contributed by atoms with Gasteiger partial charge in [-0.3, -0.25) is 9.59 Å². The monoisotopic (exact) mass is 354 g/mol. The minimum absolute atomic E-state index is 0.0589. The molecule has 1 unspecified atom stereocenters. The fraction of sp³-hybridized carbons (Fsp3) is 0.316. The highest BCUT2D eigenvalue weighted by Crippen LogP contribution is 2.27. The normalized spacial score (nSPS) is 16.5. The van der Waals surface area contributed by atoms with Gasteiger partial charge in [-0.05, 0) is 36.4 Å². The van der Waals surface area contributed by atoms with Crippen LogP contribution in [0, 0.1) is 5.92 Å². The van der Waals surface area contributed by atoms with Gasteiger partial charge in [-0.1, -0.05) is 0 Å². The lowest BCUT2D eigenvalue weighted by Gasteiger charge is -2.17. The van der Waals surface area contributed by atoms with Crippen LogP contribution in [0.3, 0.4) is 0 Å². The molecule has 2 heterocycles. The number of hydrogen-bond donors (Lipinski definition) is 1. The molecule has 1 atom stereocenters. The summed E-state index contributed by atoms with van der Waals surface area (Å²) in [5.41, 5.74) is 1.39. The van der Waals surface area contributed by atoms with E-state index in [9.17, 15) is 9.59 Å². The summed E-state index contributed by atoms with van der Waals surface area (Å²) in [6.07, 6.45) is 1.81. The lowest BCUT2D eigenvalue weighted by Crippen LogP contribution is -2.28. The van der Waals surface area contributed by atoms with Gasteiger partial charge in [0.1, 0.15) is 11.6 Å². The van der Waals surface area contributed by atoms with E-state index in [4.69, 9.17) is 4.74 Å².